The number of carbonyl (C=O) groups excluding carboxylic acids is 1. The maximum Gasteiger partial charge on any atom is 0.228 e. The van der Waals surface area contributed by atoms with E-state index in [1.54, 1.807) is 0 Å². The molecular weight excluding hydrogens is 240 g/mol. The molecule has 2 aliphatic rings. The summed E-state index contributed by atoms with van der Waals surface area (Å²) in [6.45, 7) is 5.86. The van der Waals surface area contributed by atoms with Gasteiger partial charge in [0.2, 0.25) is 5.91 Å². The number of carbonyl (C=O) groups is 1. The van der Waals surface area contributed by atoms with Crippen LogP contribution in [0.15, 0.2) is 0 Å². The summed E-state index contributed by atoms with van der Waals surface area (Å²) in [5, 5.41) is 3.51. The van der Waals surface area contributed by atoms with Crippen molar-refractivity contribution in [1.29, 1.82) is 0 Å². The van der Waals surface area contributed by atoms with Crippen molar-refractivity contribution in [3.8, 4) is 0 Å². The summed E-state index contributed by atoms with van der Waals surface area (Å²) < 4.78 is 5.52. The van der Waals surface area contributed by atoms with Crippen molar-refractivity contribution in [3.63, 3.8) is 0 Å². The normalized spacial score (nSPS) is 35.3. The lowest BCUT2D eigenvalue weighted by Gasteiger charge is -2.36. The van der Waals surface area contributed by atoms with E-state index in [0.717, 1.165) is 25.8 Å². The van der Waals surface area contributed by atoms with Crippen LogP contribution >= 0.6 is 0 Å². The molecule has 0 radical (unpaired) electrons. The lowest BCUT2D eigenvalue weighted by atomic mass is 9.89. The van der Waals surface area contributed by atoms with Gasteiger partial charge < -0.3 is 15.0 Å². The monoisotopic (exact) mass is 268 g/mol. The molecule has 1 N–H and O–H groups in total. The maximum absolute atomic E-state index is 12.4. The Kier molecular flexibility index (Phi) is 5.22. The van der Waals surface area contributed by atoms with E-state index in [4.69, 9.17) is 4.74 Å². The Bertz CT molecular complexity index is 301. The fourth-order valence-corrected chi connectivity index (χ4v) is 3.41. The van der Waals surface area contributed by atoms with Crippen molar-refractivity contribution in [2.24, 2.45) is 5.92 Å². The van der Waals surface area contributed by atoms with Gasteiger partial charge in [0.05, 0.1) is 18.6 Å². The zero-order chi connectivity index (χ0) is 13.8. The van der Waals surface area contributed by atoms with E-state index < -0.39 is 0 Å². The van der Waals surface area contributed by atoms with E-state index in [-0.39, 0.29) is 17.9 Å². The second-order valence-corrected chi connectivity index (χ2v) is 6.09. The standard InChI is InChI=1S/C15H28N2O2/c1-4-16-13-5-7-14(8-6-13)17(3)15(18)12-9-11(2)19-10-12/h11-14,16H,4-10H2,1-3H3. The lowest BCUT2D eigenvalue weighted by molar-refractivity contribution is -0.137. The summed E-state index contributed by atoms with van der Waals surface area (Å²) >= 11 is 0. The largest absolute Gasteiger partial charge is 0.378 e. The van der Waals surface area contributed by atoms with Gasteiger partial charge in [0.25, 0.3) is 0 Å². The number of nitrogens with zero attached hydrogens (tertiary/aromatic N) is 1. The minimum absolute atomic E-state index is 0.0893. The highest BCUT2D eigenvalue weighted by Crippen LogP contribution is 2.26. The predicted octanol–water partition coefficient (Wildman–Crippen LogP) is 1.79. The van der Waals surface area contributed by atoms with E-state index >= 15 is 0 Å². The second-order valence-electron chi connectivity index (χ2n) is 6.09. The van der Waals surface area contributed by atoms with Crippen LogP contribution in [0, 0.1) is 5.92 Å². The summed E-state index contributed by atoms with van der Waals surface area (Å²) in [6.07, 6.45) is 5.76. The van der Waals surface area contributed by atoms with Crippen LogP contribution in [0.4, 0.5) is 0 Å². The highest BCUT2D eigenvalue weighted by molar-refractivity contribution is 5.79. The van der Waals surface area contributed by atoms with Crippen molar-refractivity contribution in [1.82, 2.24) is 10.2 Å². The molecule has 1 aliphatic heterocycles. The third kappa shape index (κ3) is 3.69. The molecule has 1 aliphatic carbocycles. The second kappa shape index (κ2) is 6.71. The molecule has 2 fully saturated rings. The zero-order valence-corrected chi connectivity index (χ0v) is 12.5. The van der Waals surface area contributed by atoms with Crippen LogP contribution in [0.1, 0.15) is 46.0 Å². The summed E-state index contributed by atoms with van der Waals surface area (Å²) in [6, 6.07) is 1.08. The maximum atomic E-state index is 12.4. The smallest absolute Gasteiger partial charge is 0.228 e. The van der Waals surface area contributed by atoms with Crippen LogP contribution in [0.5, 0.6) is 0 Å². The summed E-state index contributed by atoms with van der Waals surface area (Å²) in [7, 11) is 1.98. The molecule has 1 amide bonds. The average molecular weight is 268 g/mol. The van der Waals surface area contributed by atoms with Crippen LogP contribution in [0.3, 0.4) is 0 Å². The number of amides is 1. The fourth-order valence-electron chi connectivity index (χ4n) is 3.41. The minimum Gasteiger partial charge on any atom is -0.378 e. The van der Waals surface area contributed by atoms with E-state index in [1.165, 1.54) is 12.8 Å². The van der Waals surface area contributed by atoms with Crippen LogP contribution < -0.4 is 5.32 Å². The molecule has 0 aromatic heterocycles. The first-order valence-corrected chi connectivity index (χ1v) is 7.73. The molecule has 2 unspecified atom stereocenters. The molecule has 19 heavy (non-hydrogen) atoms. The van der Waals surface area contributed by atoms with Gasteiger partial charge in [0, 0.05) is 19.1 Å². The third-order valence-electron chi connectivity index (χ3n) is 4.63. The van der Waals surface area contributed by atoms with Crippen molar-refractivity contribution >= 4 is 5.91 Å². The first kappa shape index (κ1) is 14.8. The molecule has 0 spiro atoms. The highest BCUT2D eigenvalue weighted by atomic mass is 16.5. The Morgan fingerprint density at radius 3 is 2.53 bits per heavy atom. The SMILES string of the molecule is CCNC1CCC(N(C)C(=O)C2COC(C)C2)CC1. The molecule has 4 nitrogen and oxygen atoms in total. The van der Waals surface area contributed by atoms with E-state index in [9.17, 15) is 4.79 Å². The van der Waals surface area contributed by atoms with Crippen molar-refractivity contribution in [2.45, 2.75) is 64.1 Å². The molecule has 0 bridgehead atoms. The van der Waals surface area contributed by atoms with Crippen molar-refractivity contribution < 1.29 is 9.53 Å². The highest BCUT2D eigenvalue weighted by Gasteiger charge is 2.33. The average Bonchev–Trinajstić information content (AvgIpc) is 2.85. The number of rotatable bonds is 4. The molecule has 1 heterocycles. The van der Waals surface area contributed by atoms with E-state index in [2.05, 4.69) is 19.2 Å². The van der Waals surface area contributed by atoms with Gasteiger partial charge in [0.15, 0.2) is 0 Å². The molecule has 4 heteroatoms. The van der Waals surface area contributed by atoms with Gasteiger partial charge in [-0.1, -0.05) is 6.92 Å². The van der Waals surface area contributed by atoms with E-state index in [0.29, 0.717) is 18.7 Å². The van der Waals surface area contributed by atoms with Crippen LogP contribution in [-0.2, 0) is 9.53 Å². The van der Waals surface area contributed by atoms with Gasteiger partial charge in [0.1, 0.15) is 0 Å². The minimum atomic E-state index is 0.0893. The Labute approximate surface area is 116 Å². The quantitative estimate of drug-likeness (QED) is 0.845. The Morgan fingerprint density at radius 1 is 1.32 bits per heavy atom. The van der Waals surface area contributed by atoms with Gasteiger partial charge in [-0.15, -0.1) is 0 Å². The molecule has 0 aromatic rings. The Morgan fingerprint density at radius 2 is 2.00 bits per heavy atom. The third-order valence-corrected chi connectivity index (χ3v) is 4.63. The molecular formula is C15H28N2O2. The first-order chi connectivity index (χ1) is 9.11. The molecule has 2 rings (SSSR count). The molecule has 1 saturated heterocycles. The summed E-state index contributed by atoms with van der Waals surface area (Å²) in [5.41, 5.74) is 0. The number of hydrogen-bond acceptors (Lipinski definition) is 3. The topological polar surface area (TPSA) is 41.6 Å². The van der Waals surface area contributed by atoms with Crippen LogP contribution in [0.2, 0.25) is 0 Å². The Hall–Kier alpha value is -0.610. The van der Waals surface area contributed by atoms with Crippen LogP contribution in [0.25, 0.3) is 0 Å². The van der Waals surface area contributed by atoms with Gasteiger partial charge in [-0.2, -0.15) is 0 Å². The Balaban J connectivity index is 1.80. The summed E-state index contributed by atoms with van der Waals surface area (Å²) in [4.78, 5) is 14.4. The van der Waals surface area contributed by atoms with Gasteiger partial charge in [-0.3, -0.25) is 4.79 Å². The van der Waals surface area contributed by atoms with Gasteiger partial charge in [-0.25, -0.2) is 0 Å². The molecule has 2 atom stereocenters. The molecule has 110 valence electrons. The van der Waals surface area contributed by atoms with E-state index in [1.807, 2.05) is 11.9 Å². The predicted molar refractivity (Wildman–Crippen MR) is 76.0 cm³/mol. The van der Waals surface area contributed by atoms with Gasteiger partial charge in [-0.05, 0) is 45.6 Å². The lowest BCUT2D eigenvalue weighted by Crippen LogP contribution is -2.45. The number of hydrogen-bond donors (Lipinski definition) is 1. The summed E-state index contributed by atoms with van der Waals surface area (Å²) in [5.74, 6) is 0.378. The molecule has 0 aromatic carbocycles. The van der Waals surface area contributed by atoms with Crippen molar-refractivity contribution in [2.75, 3.05) is 20.2 Å². The molecule has 1 saturated carbocycles. The zero-order valence-electron chi connectivity index (χ0n) is 12.5. The fraction of sp³-hybridized carbons (Fsp3) is 0.933. The van der Waals surface area contributed by atoms with Crippen molar-refractivity contribution in [3.05, 3.63) is 0 Å². The van der Waals surface area contributed by atoms with Crippen LogP contribution in [-0.4, -0.2) is 49.2 Å². The number of nitrogens with one attached hydrogen (secondary N) is 1. The first-order valence-electron chi connectivity index (χ1n) is 7.73. The van der Waals surface area contributed by atoms with Gasteiger partial charge >= 0.3 is 0 Å². The number of ether oxygens (including phenoxy) is 1.